The summed E-state index contributed by atoms with van der Waals surface area (Å²) in [5, 5.41) is 3.11. The summed E-state index contributed by atoms with van der Waals surface area (Å²) in [6.07, 6.45) is 0.625. The number of hydrogen-bond acceptors (Lipinski definition) is 6. The van der Waals surface area contributed by atoms with Gasteiger partial charge in [-0.05, 0) is 59.5 Å². The fourth-order valence-electron chi connectivity index (χ4n) is 5.15. The van der Waals surface area contributed by atoms with Gasteiger partial charge in [-0.2, -0.15) is 0 Å². The van der Waals surface area contributed by atoms with E-state index in [1.807, 2.05) is 24.3 Å². The predicted molar refractivity (Wildman–Crippen MR) is 143 cm³/mol. The number of methoxy groups -OCH3 is 2. The van der Waals surface area contributed by atoms with Gasteiger partial charge in [-0.3, -0.25) is 23.5 Å². The lowest BCUT2D eigenvalue weighted by molar-refractivity contribution is -0.109. The van der Waals surface area contributed by atoms with E-state index in [1.165, 1.54) is 30.3 Å². The topological polar surface area (TPSA) is 109 Å². The third-order valence-electron chi connectivity index (χ3n) is 7.09. The Hall–Kier alpha value is -4.66. The molecule has 5 heterocycles. The molecule has 1 aromatic heterocycles. The highest BCUT2D eigenvalue weighted by Crippen LogP contribution is 2.31. The fraction of sp³-hybridized carbons (Fsp3) is 0.241. The first-order valence-electron chi connectivity index (χ1n) is 12.1. The zero-order chi connectivity index (χ0) is 27.0. The van der Waals surface area contributed by atoms with Crippen molar-refractivity contribution in [1.29, 1.82) is 0 Å². The molecule has 1 N–H and O–H groups in total. The monoisotopic (exact) mass is 513 g/mol. The summed E-state index contributed by atoms with van der Waals surface area (Å²) in [4.78, 5) is 51.3. The second-order valence-corrected chi connectivity index (χ2v) is 9.28. The second kappa shape index (κ2) is 10.0. The molecule has 38 heavy (non-hydrogen) atoms. The Morgan fingerprint density at radius 3 is 2.45 bits per heavy atom. The highest BCUT2D eigenvalue weighted by Gasteiger charge is 2.23. The molecular formula is C29H27N3O6. The third kappa shape index (κ3) is 4.26. The quantitative estimate of drug-likeness (QED) is 0.287. The van der Waals surface area contributed by atoms with Crippen molar-refractivity contribution in [3.8, 4) is 11.5 Å². The van der Waals surface area contributed by atoms with Crippen LogP contribution in [0.25, 0.3) is 10.9 Å². The van der Waals surface area contributed by atoms with E-state index in [0.717, 1.165) is 11.1 Å². The van der Waals surface area contributed by atoms with E-state index in [-0.39, 0.29) is 31.3 Å². The van der Waals surface area contributed by atoms with Crippen molar-refractivity contribution in [1.82, 2.24) is 14.5 Å². The van der Waals surface area contributed by atoms with Crippen LogP contribution in [0.5, 0.6) is 11.5 Å². The average Bonchev–Trinajstić information content (AvgIpc) is 2.99. The molecular weight excluding hydrogens is 486 g/mol. The first kappa shape index (κ1) is 25.0. The van der Waals surface area contributed by atoms with Crippen molar-refractivity contribution in [3.05, 3.63) is 103 Å². The number of rotatable bonds is 8. The van der Waals surface area contributed by atoms with Gasteiger partial charge in [0, 0.05) is 18.0 Å². The lowest BCUT2D eigenvalue weighted by atomic mass is 9.88. The molecule has 1 unspecified atom stereocenters. The van der Waals surface area contributed by atoms with Crippen LogP contribution >= 0.6 is 0 Å². The molecule has 0 saturated carbocycles. The molecule has 3 aromatic carbocycles. The molecule has 194 valence electrons. The summed E-state index contributed by atoms with van der Waals surface area (Å²) in [6.45, 7) is 1.91. The Labute approximate surface area is 218 Å². The number of hydrogen-bond donors (Lipinski definition) is 1. The van der Waals surface area contributed by atoms with Crippen molar-refractivity contribution in [2.24, 2.45) is 0 Å². The molecule has 4 aliphatic rings. The Morgan fingerprint density at radius 2 is 1.74 bits per heavy atom. The van der Waals surface area contributed by atoms with Crippen molar-refractivity contribution in [2.45, 2.75) is 25.9 Å². The van der Waals surface area contributed by atoms with E-state index >= 15 is 0 Å². The SMILES string of the molecule is COc1ccc(Cn2c(=O)c3cc4ccc3n(c2=O)Cc2ccc(cc2C(C)=O)C4CNC=O)cc1OC. The molecule has 8 rings (SSSR count). The first-order valence-corrected chi connectivity index (χ1v) is 12.1. The van der Waals surface area contributed by atoms with E-state index in [2.05, 4.69) is 5.32 Å². The van der Waals surface area contributed by atoms with Crippen molar-refractivity contribution >= 4 is 23.1 Å². The molecule has 4 aliphatic heterocycles. The maximum atomic E-state index is 13.8. The number of ketones is 1. The summed E-state index contributed by atoms with van der Waals surface area (Å²) in [5.41, 5.74) is 3.06. The first-order chi connectivity index (χ1) is 18.4. The van der Waals surface area contributed by atoms with Gasteiger partial charge in [-0.25, -0.2) is 4.79 Å². The van der Waals surface area contributed by atoms with Gasteiger partial charge in [0.2, 0.25) is 6.41 Å². The van der Waals surface area contributed by atoms with Gasteiger partial charge < -0.3 is 14.8 Å². The lowest BCUT2D eigenvalue weighted by Gasteiger charge is -2.19. The number of benzene rings is 3. The number of aromatic nitrogens is 2. The van der Waals surface area contributed by atoms with Crippen LogP contribution in [0.4, 0.5) is 0 Å². The summed E-state index contributed by atoms with van der Waals surface area (Å²) in [6, 6.07) is 16.2. The molecule has 0 saturated heterocycles. The number of nitrogens with zero attached hydrogens (tertiary/aromatic N) is 2. The van der Waals surface area contributed by atoms with Gasteiger partial charge in [0.05, 0.1) is 38.2 Å². The summed E-state index contributed by atoms with van der Waals surface area (Å²) >= 11 is 0. The Morgan fingerprint density at radius 1 is 1.00 bits per heavy atom. The molecule has 0 fully saturated rings. The van der Waals surface area contributed by atoms with Crippen LogP contribution in [-0.4, -0.2) is 42.1 Å². The number of amides is 1. The molecule has 9 heteroatoms. The third-order valence-corrected chi connectivity index (χ3v) is 7.09. The van der Waals surface area contributed by atoms with Crippen molar-refractivity contribution in [3.63, 3.8) is 0 Å². The summed E-state index contributed by atoms with van der Waals surface area (Å²) < 4.78 is 13.4. The van der Waals surface area contributed by atoms with Gasteiger partial charge in [-0.1, -0.05) is 24.3 Å². The van der Waals surface area contributed by atoms with E-state index in [0.29, 0.717) is 45.5 Å². The standard InChI is InChI=1S/C29H27N3O6/c1-17(34)22-11-19-5-6-21(22)15-31-25-8-7-20(24(19)13-30-16-33)12-23(25)28(35)32(29(31)36)14-18-4-9-26(37-2)27(10-18)38-3/h4-12,16,24H,13-15H2,1-3H3,(H,30,33). The maximum absolute atomic E-state index is 13.8. The minimum Gasteiger partial charge on any atom is -0.493 e. The smallest absolute Gasteiger partial charge is 0.332 e. The van der Waals surface area contributed by atoms with E-state index in [9.17, 15) is 19.2 Å². The van der Waals surface area contributed by atoms with Crippen LogP contribution in [-0.2, 0) is 17.9 Å². The molecule has 6 bridgehead atoms. The van der Waals surface area contributed by atoms with Crippen LogP contribution in [0, 0.1) is 0 Å². The molecule has 1 atom stereocenters. The van der Waals surface area contributed by atoms with Crippen molar-refractivity contribution < 1.29 is 19.1 Å². The second-order valence-electron chi connectivity index (χ2n) is 9.28. The van der Waals surface area contributed by atoms with Crippen LogP contribution in [0.3, 0.4) is 0 Å². The van der Waals surface area contributed by atoms with Gasteiger partial charge >= 0.3 is 5.69 Å². The number of nitrogens with one attached hydrogen (secondary N) is 1. The lowest BCUT2D eigenvalue weighted by Crippen LogP contribution is -2.40. The summed E-state index contributed by atoms with van der Waals surface area (Å²) in [7, 11) is 3.06. The molecule has 4 aromatic rings. The minimum absolute atomic E-state index is 0.0201. The zero-order valence-corrected chi connectivity index (χ0v) is 21.3. The molecule has 0 radical (unpaired) electrons. The Bertz CT molecular complexity index is 1700. The number of ether oxygens (including phenoxy) is 2. The van der Waals surface area contributed by atoms with Crippen LogP contribution < -0.4 is 26.0 Å². The van der Waals surface area contributed by atoms with Gasteiger partial charge in [0.1, 0.15) is 0 Å². The Balaban J connectivity index is 1.77. The highest BCUT2D eigenvalue weighted by atomic mass is 16.5. The summed E-state index contributed by atoms with van der Waals surface area (Å²) in [5.74, 6) is 0.602. The van der Waals surface area contributed by atoms with Crippen LogP contribution in [0.1, 0.15) is 45.5 Å². The number of Topliss-reactive ketones (excluding diaryl/α,β-unsaturated/α-hetero) is 1. The minimum atomic E-state index is -0.484. The maximum Gasteiger partial charge on any atom is 0.332 e. The molecule has 1 amide bonds. The number of carbonyl (C=O) groups is 2. The normalized spacial score (nSPS) is 13.9. The van der Waals surface area contributed by atoms with Crippen molar-refractivity contribution in [2.75, 3.05) is 20.8 Å². The largest absolute Gasteiger partial charge is 0.493 e. The molecule has 0 spiro atoms. The fourth-order valence-corrected chi connectivity index (χ4v) is 5.15. The van der Waals surface area contributed by atoms with Gasteiger partial charge in [0.15, 0.2) is 17.3 Å². The van der Waals surface area contributed by atoms with E-state index in [4.69, 9.17) is 9.47 Å². The Kier molecular flexibility index (Phi) is 6.59. The van der Waals surface area contributed by atoms with Crippen LogP contribution in [0.15, 0.2) is 64.2 Å². The van der Waals surface area contributed by atoms with E-state index in [1.54, 1.807) is 30.3 Å². The predicted octanol–water partition coefficient (Wildman–Crippen LogP) is 2.67. The highest BCUT2D eigenvalue weighted by molar-refractivity contribution is 5.96. The van der Waals surface area contributed by atoms with Gasteiger partial charge in [-0.15, -0.1) is 0 Å². The van der Waals surface area contributed by atoms with Gasteiger partial charge in [0.25, 0.3) is 5.56 Å². The zero-order valence-electron chi connectivity index (χ0n) is 21.3. The average molecular weight is 514 g/mol. The molecule has 0 aliphatic carbocycles. The van der Waals surface area contributed by atoms with Crippen LogP contribution in [0.2, 0.25) is 0 Å². The molecule has 9 nitrogen and oxygen atoms in total. The van der Waals surface area contributed by atoms with E-state index < -0.39 is 11.2 Å². The number of carbonyl (C=O) groups excluding carboxylic acids is 2.